The van der Waals surface area contributed by atoms with E-state index in [9.17, 15) is 24.0 Å². The molecule has 7 N–H and O–H groups in total. The van der Waals surface area contributed by atoms with E-state index >= 15 is 0 Å². The van der Waals surface area contributed by atoms with E-state index in [-0.39, 0.29) is 42.6 Å². The number of imidazole rings is 2. The number of hydrazine groups is 1. The van der Waals surface area contributed by atoms with Crippen LogP contribution in [0.1, 0.15) is 79.8 Å². The Labute approximate surface area is 363 Å². The third kappa shape index (κ3) is 10.7. The number of rotatable bonds is 19. The molecule has 4 aromatic heterocycles. The molecule has 0 bridgehead atoms. The Bertz CT molecular complexity index is 2670. The summed E-state index contributed by atoms with van der Waals surface area (Å²) in [6.07, 6.45) is 5.29. The maximum atomic E-state index is 13.5. The van der Waals surface area contributed by atoms with Gasteiger partial charge in [-0.25, -0.2) is 15.4 Å². The molecule has 2 aromatic carbocycles. The van der Waals surface area contributed by atoms with E-state index in [0.717, 1.165) is 18.5 Å². The number of allylic oxidation sites excluding steroid dienone is 2. The molecule has 0 saturated heterocycles. The van der Waals surface area contributed by atoms with Crippen LogP contribution in [0.3, 0.4) is 0 Å². The van der Waals surface area contributed by atoms with Crippen LogP contribution in [0.5, 0.6) is 11.5 Å². The fraction of sp³-hybridized carbons (Fsp3) is 0.357. The zero-order valence-corrected chi connectivity index (χ0v) is 36.7. The van der Waals surface area contributed by atoms with Crippen LogP contribution in [0.2, 0.25) is 0 Å². The number of nitrogens with zero attached hydrogens (tertiary/aromatic N) is 9. The number of hydrogen-bond acceptors (Lipinski definition) is 13. The Kier molecular flexibility index (Phi) is 15.4. The zero-order chi connectivity index (χ0) is 46.0. The van der Waals surface area contributed by atoms with E-state index in [1.54, 1.807) is 65.4 Å². The minimum Gasteiger partial charge on any atom is -0.494 e. The first-order valence-electron chi connectivity index (χ1n) is 20.1. The number of carbonyl (C=O) groups is 5. The number of aldehydes is 1. The normalized spacial score (nSPS) is 11.1. The summed E-state index contributed by atoms with van der Waals surface area (Å²) in [5, 5.41) is 15.9. The summed E-state index contributed by atoms with van der Waals surface area (Å²) in [5.41, 5.74) is 19.1. The molecule has 21 nitrogen and oxygen atoms in total. The van der Waals surface area contributed by atoms with Gasteiger partial charge in [-0.3, -0.25) is 43.7 Å². The van der Waals surface area contributed by atoms with Gasteiger partial charge in [-0.05, 0) is 70.5 Å². The van der Waals surface area contributed by atoms with Crippen LogP contribution in [0.25, 0.3) is 22.1 Å². The molecule has 4 heterocycles. The molecule has 0 unspecified atom stereocenters. The highest BCUT2D eigenvalue weighted by molar-refractivity contribution is 6.04. The van der Waals surface area contributed by atoms with Gasteiger partial charge < -0.3 is 35.4 Å². The number of benzene rings is 2. The number of methoxy groups -OCH3 is 1. The molecule has 334 valence electrons. The van der Waals surface area contributed by atoms with E-state index in [2.05, 4.69) is 36.2 Å². The van der Waals surface area contributed by atoms with Gasteiger partial charge in [-0.15, -0.1) is 0 Å². The summed E-state index contributed by atoms with van der Waals surface area (Å²) in [5.74, 6) is -0.339. The Morgan fingerprint density at radius 1 is 0.794 bits per heavy atom. The van der Waals surface area contributed by atoms with Gasteiger partial charge >= 0.3 is 0 Å². The summed E-state index contributed by atoms with van der Waals surface area (Å²) in [7, 11) is 6.50. The monoisotopic (exact) mass is 866 g/mol. The molecule has 0 saturated carbocycles. The first kappa shape index (κ1) is 46.5. The first-order chi connectivity index (χ1) is 30.2. The maximum Gasteiger partial charge on any atom is 0.276 e. The highest BCUT2D eigenvalue weighted by Crippen LogP contribution is 2.33. The number of carbonyl (C=O) groups excluding carboxylic acids is 5. The van der Waals surface area contributed by atoms with Crippen LogP contribution in [-0.2, 0) is 31.0 Å². The van der Waals surface area contributed by atoms with Crippen LogP contribution in [-0.4, -0.2) is 108 Å². The van der Waals surface area contributed by atoms with Crippen LogP contribution < -0.4 is 37.0 Å². The van der Waals surface area contributed by atoms with Gasteiger partial charge in [-0.1, -0.05) is 12.2 Å². The minimum atomic E-state index is -0.651. The molecule has 0 fully saturated rings. The quantitative estimate of drug-likeness (QED) is 0.0339. The third-order valence-corrected chi connectivity index (χ3v) is 9.88. The molecule has 0 aliphatic rings. The Balaban J connectivity index is 0.000000658. The number of aryl methyl sites for hydroxylation is 4. The highest BCUT2D eigenvalue weighted by atomic mass is 16.5. The van der Waals surface area contributed by atoms with Crippen LogP contribution in [0.4, 0.5) is 11.9 Å². The second kappa shape index (κ2) is 20.8. The topological polar surface area (TPSA) is 266 Å². The van der Waals surface area contributed by atoms with Gasteiger partial charge in [0.1, 0.15) is 33.9 Å². The molecule has 4 amide bonds. The number of amides is 4. The highest BCUT2D eigenvalue weighted by Gasteiger charge is 2.22. The third-order valence-electron chi connectivity index (χ3n) is 9.88. The molecule has 0 atom stereocenters. The smallest absolute Gasteiger partial charge is 0.276 e. The van der Waals surface area contributed by atoms with Gasteiger partial charge in [0.2, 0.25) is 29.6 Å². The van der Waals surface area contributed by atoms with Gasteiger partial charge in [0.15, 0.2) is 6.29 Å². The van der Waals surface area contributed by atoms with E-state index in [1.165, 1.54) is 18.2 Å². The first-order valence-corrected chi connectivity index (χ1v) is 20.1. The van der Waals surface area contributed by atoms with Crippen molar-refractivity contribution in [2.45, 2.75) is 66.7 Å². The second-order valence-electron chi connectivity index (χ2n) is 14.1. The lowest BCUT2D eigenvalue weighted by Crippen LogP contribution is -2.36. The van der Waals surface area contributed by atoms with Crippen molar-refractivity contribution in [1.82, 2.24) is 49.1 Å². The fourth-order valence-electron chi connectivity index (χ4n) is 6.76. The Morgan fingerprint density at radius 2 is 1.35 bits per heavy atom. The van der Waals surface area contributed by atoms with Crippen molar-refractivity contribution in [2.75, 3.05) is 45.5 Å². The molecule has 6 aromatic rings. The summed E-state index contributed by atoms with van der Waals surface area (Å²) in [4.78, 5) is 69.7. The molecule has 0 aliphatic heterocycles. The molecule has 6 rings (SSSR count). The van der Waals surface area contributed by atoms with E-state index in [4.69, 9.17) is 20.9 Å². The minimum absolute atomic E-state index is 0.0956. The van der Waals surface area contributed by atoms with Crippen molar-refractivity contribution in [2.24, 2.45) is 11.5 Å². The van der Waals surface area contributed by atoms with Crippen molar-refractivity contribution in [3.8, 4) is 11.5 Å². The summed E-state index contributed by atoms with van der Waals surface area (Å²) in [6.45, 7) is 9.53. The van der Waals surface area contributed by atoms with Gasteiger partial charge in [0.25, 0.3) is 5.91 Å². The van der Waals surface area contributed by atoms with Crippen molar-refractivity contribution >= 4 is 63.9 Å². The standard InChI is InChI=1S/C35H44N12O6.C7H10N2O/c1-7-47-25(15-20(2)43-47)33(51)42-35-41-23-16-21(31(36)49)18-26(52-6)29(23)46(35)13-9-8-12-45-30-24(40-34(45)38-3)17-22(32(37)50)19-27(30)53-14-10-11-28(48)44(5)39-4;1-3-9-7(5-10)4-6(2)8-9/h8-9,15-19,39H,7,10-14H2,1-6H3,(H2,36,49)(H2,37,50)(H,38,40)(H,41,42,51);4-5H,3H2,1-2H3/b9-8+;. The summed E-state index contributed by atoms with van der Waals surface area (Å²) in [6, 6.07) is 9.71. The molecule has 0 spiro atoms. The van der Waals surface area contributed by atoms with Crippen LogP contribution in [0.15, 0.2) is 48.6 Å². The predicted molar refractivity (Wildman–Crippen MR) is 237 cm³/mol. The average Bonchev–Trinajstić information content (AvgIpc) is 4.04. The summed E-state index contributed by atoms with van der Waals surface area (Å²) < 4.78 is 18.7. The number of nitrogens with one attached hydrogen (secondary N) is 3. The number of fused-ring (bicyclic) bond motifs is 2. The number of anilines is 2. The molecule has 0 aliphatic carbocycles. The van der Waals surface area contributed by atoms with Gasteiger partial charge in [0, 0.05) is 64.9 Å². The Morgan fingerprint density at radius 3 is 1.89 bits per heavy atom. The van der Waals surface area contributed by atoms with Crippen LogP contribution >= 0.6 is 0 Å². The van der Waals surface area contributed by atoms with Crippen molar-refractivity contribution in [1.29, 1.82) is 0 Å². The molecular weight excluding hydrogens is 813 g/mol. The lowest BCUT2D eigenvalue weighted by atomic mass is 10.1. The average molecular weight is 867 g/mol. The number of primary amides is 2. The molecular formula is C42H54N14O7. The van der Waals surface area contributed by atoms with E-state index in [1.807, 2.05) is 44.4 Å². The fourth-order valence-corrected chi connectivity index (χ4v) is 6.76. The van der Waals surface area contributed by atoms with Crippen molar-refractivity contribution < 1.29 is 33.4 Å². The van der Waals surface area contributed by atoms with E-state index < -0.39 is 17.7 Å². The Hall–Kier alpha value is -7.55. The predicted octanol–water partition coefficient (Wildman–Crippen LogP) is 3.44. The lowest BCUT2D eigenvalue weighted by molar-refractivity contribution is -0.132. The zero-order valence-electron chi connectivity index (χ0n) is 36.7. The van der Waals surface area contributed by atoms with Crippen molar-refractivity contribution in [3.63, 3.8) is 0 Å². The number of aromatic nitrogens is 8. The molecule has 0 radical (unpaired) electrons. The second-order valence-corrected chi connectivity index (χ2v) is 14.1. The molecule has 21 heteroatoms. The lowest BCUT2D eigenvalue weighted by Gasteiger charge is -2.15. The van der Waals surface area contributed by atoms with Gasteiger partial charge in [0.05, 0.1) is 36.1 Å². The SMILES string of the molecule is CCn1nc(C)cc1C(=O)Nc1nc2cc(C(N)=O)cc(OC)c2n1C/C=C/Cn1c(NC)nc2cc(C(N)=O)cc(OCCCC(=O)N(C)NC)c21.CCn1nc(C)cc1C=O. The van der Waals surface area contributed by atoms with Gasteiger partial charge in [-0.2, -0.15) is 10.2 Å². The molecule has 63 heavy (non-hydrogen) atoms. The van der Waals surface area contributed by atoms with Crippen LogP contribution in [0, 0.1) is 13.8 Å². The number of nitrogens with two attached hydrogens (primary N) is 2. The number of hydrogen-bond donors (Lipinski definition) is 5. The van der Waals surface area contributed by atoms with Crippen molar-refractivity contribution in [3.05, 3.63) is 82.5 Å². The van der Waals surface area contributed by atoms with E-state index in [0.29, 0.717) is 76.1 Å². The maximum absolute atomic E-state index is 13.5. The summed E-state index contributed by atoms with van der Waals surface area (Å²) >= 11 is 0. The number of ether oxygens (including phenoxy) is 2. The largest absolute Gasteiger partial charge is 0.494 e.